The monoisotopic (exact) mass is 378 g/mol. The summed E-state index contributed by atoms with van der Waals surface area (Å²) in [6, 6.07) is 7.91. The van der Waals surface area contributed by atoms with Gasteiger partial charge in [-0.05, 0) is 30.7 Å². The molecule has 8 nitrogen and oxygen atoms in total. The van der Waals surface area contributed by atoms with E-state index in [-0.39, 0.29) is 18.6 Å². The van der Waals surface area contributed by atoms with Gasteiger partial charge in [-0.15, -0.1) is 0 Å². The number of hydrogen-bond acceptors (Lipinski definition) is 6. The standard InChI is InChI=1S/C17H22N4O4S/c1-2-26(22,23)19-8-15-11-20(10-14-5-6-18-21(14)15)9-13-3-4-16-17(7-13)25-12-24-16/h3-7,15,19H,2,8-12H2,1H3/t15-/m0/s1. The molecule has 0 radical (unpaired) electrons. The molecule has 1 atom stereocenters. The third-order valence-electron chi connectivity index (χ3n) is 4.71. The molecule has 2 aliphatic heterocycles. The minimum Gasteiger partial charge on any atom is -0.454 e. The molecule has 0 amide bonds. The van der Waals surface area contributed by atoms with Crippen LogP contribution in [0.5, 0.6) is 11.5 Å². The van der Waals surface area contributed by atoms with Gasteiger partial charge in [0.25, 0.3) is 0 Å². The van der Waals surface area contributed by atoms with Crippen LogP contribution in [0.3, 0.4) is 0 Å². The molecule has 9 heteroatoms. The molecule has 0 saturated carbocycles. The molecular weight excluding hydrogens is 356 g/mol. The van der Waals surface area contributed by atoms with Gasteiger partial charge in [0.15, 0.2) is 11.5 Å². The van der Waals surface area contributed by atoms with Crippen LogP contribution in [0.4, 0.5) is 0 Å². The summed E-state index contributed by atoms with van der Waals surface area (Å²) in [7, 11) is -3.23. The zero-order chi connectivity index (χ0) is 18.1. The van der Waals surface area contributed by atoms with Gasteiger partial charge in [0, 0.05) is 32.4 Å². The maximum absolute atomic E-state index is 11.8. The zero-order valence-corrected chi connectivity index (χ0v) is 15.4. The number of nitrogens with zero attached hydrogens (tertiary/aromatic N) is 3. The fraction of sp³-hybridized carbons (Fsp3) is 0.471. The van der Waals surface area contributed by atoms with Crippen molar-refractivity contribution in [2.45, 2.75) is 26.1 Å². The van der Waals surface area contributed by atoms with Crippen molar-refractivity contribution in [1.82, 2.24) is 19.4 Å². The Morgan fingerprint density at radius 1 is 1.27 bits per heavy atom. The maximum Gasteiger partial charge on any atom is 0.231 e. The van der Waals surface area contributed by atoms with Gasteiger partial charge < -0.3 is 9.47 Å². The summed E-state index contributed by atoms with van der Waals surface area (Å²) in [5.74, 6) is 1.63. The van der Waals surface area contributed by atoms with Gasteiger partial charge in [-0.3, -0.25) is 9.58 Å². The predicted octanol–water partition coefficient (Wildman–Crippen LogP) is 1.11. The lowest BCUT2D eigenvalue weighted by molar-refractivity contribution is 0.167. The number of hydrogen-bond donors (Lipinski definition) is 1. The van der Waals surface area contributed by atoms with Crippen LogP contribution in [0.1, 0.15) is 24.2 Å². The van der Waals surface area contributed by atoms with Crippen LogP contribution in [0.15, 0.2) is 30.5 Å². The minimum absolute atomic E-state index is 0.0379. The number of fused-ring (bicyclic) bond motifs is 2. The second-order valence-electron chi connectivity index (χ2n) is 6.53. The van der Waals surface area contributed by atoms with E-state index < -0.39 is 10.0 Å². The second-order valence-corrected chi connectivity index (χ2v) is 8.63. The SMILES string of the molecule is CCS(=O)(=O)NC[C@H]1CN(Cc2ccc3c(c2)OCO3)Cc2ccnn21. The Morgan fingerprint density at radius 2 is 2.12 bits per heavy atom. The van der Waals surface area contributed by atoms with Crippen molar-refractivity contribution in [2.75, 3.05) is 25.6 Å². The Labute approximate surface area is 152 Å². The van der Waals surface area contributed by atoms with Crippen molar-refractivity contribution in [1.29, 1.82) is 0 Å². The van der Waals surface area contributed by atoms with E-state index in [1.807, 2.05) is 28.9 Å². The van der Waals surface area contributed by atoms with Crippen LogP contribution in [0.2, 0.25) is 0 Å². The molecule has 0 aliphatic carbocycles. The number of sulfonamides is 1. The van der Waals surface area contributed by atoms with Crippen molar-refractivity contribution < 1.29 is 17.9 Å². The molecule has 2 aliphatic rings. The molecule has 140 valence electrons. The molecule has 0 unspecified atom stereocenters. The van der Waals surface area contributed by atoms with E-state index >= 15 is 0 Å². The molecule has 0 bridgehead atoms. The summed E-state index contributed by atoms with van der Waals surface area (Å²) in [6.45, 7) is 4.47. The summed E-state index contributed by atoms with van der Waals surface area (Å²) in [6.07, 6.45) is 1.76. The van der Waals surface area contributed by atoms with Crippen LogP contribution in [-0.2, 0) is 23.1 Å². The quantitative estimate of drug-likeness (QED) is 0.810. The molecule has 2 aromatic rings. The van der Waals surface area contributed by atoms with E-state index in [0.717, 1.165) is 42.4 Å². The molecular formula is C17H22N4O4S. The lowest BCUT2D eigenvalue weighted by atomic mass is 10.1. The van der Waals surface area contributed by atoms with Crippen molar-refractivity contribution in [3.05, 3.63) is 41.7 Å². The Hall–Kier alpha value is -2.10. The van der Waals surface area contributed by atoms with E-state index in [9.17, 15) is 8.42 Å². The lowest BCUT2D eigenvalue weighted by Gasteiger charge is -2.34. The summed E-state index contributed by atoms with van der Waals surface area (Å²) in [5, 5.41) is 4.37. The van der Waals surface area contributed by atoms with E-state index in [0.29, 0.717) is 6.54 Å². The van der Waals surface area contributed by atoms with Gasteiger partial charge in [-0.1, -0.05) is 6.07 Å². The van der Waals surface area contributed by atoms with Crippen molar-refractivity contribution >= 4 is 10.0 Å². The Morgan fingerprint density at radius 3 is 2.96 bits per heavy atom. The third kappa shape index (κ3) is 3.55. The second kappa shape index (κ2) is 6.90. The highest BCUT2D eigenvalue weighted by Crippen LogP contribution is 2.33. The molecule has 0 fully saturated rings. The van der Waals surface area contributed by atoms with E-state index in [1.165, 1.54) is 0 Å². The van der Waals surface area contributed by atoms with Crippen molar-refractivity contribution in [2.24, 2.45) is 0 Å². The molecule has 1 N–H and O–H groups in total. The Bertz CT molecular complexity index is 896. The summed E-state index contributed by atoms with van der Waals surface area (Å²) < 4.78 is 39.0. The third-order valence-corrected chi connectivity index (χ3v) is 6.08. The first-order valence-electron chi connectivity index (χ1n) is 8.64. The number of rotatable bonds is 6. The van der Waals surface area contributed by atoms with E-state index in [1.54, 1.807) is 13.1 Å². The number of ether oxygens (including phenoxy) is 2. The average molecular weight is 378 g/mol. The van der Waals surface area contributed by atoms with Crippen molar-refractivity contribution in [3.8, 4) is 11.5 Å². The maximum atomic E-state index is 11.8. The van der Waals surface area contributed by atoms with Gasteiger partial charge in [0.1, 0.15) is 0 Å². The first kappa shape index (κ1) is 17.3. The fourth-order valence-corrected chi connectivity index (χ4v) is 4.01. The molecule has 1 aromatic heterocycles. The highest BCUT2D eigenvalue weighted by molar-refractivity contribution is 7.89. The molecule has 4 rings (SSSR count). The number of nitrogens with one attached hydrogen (secondary N) is 1. The predicted molar refractivity (Wildman–Crippen MR) is 95.4 cm³/mol. The van der Waals surface area contributed by atoms with Crippen LogP contribution in [0.25, 0.3) is 0 Å². The first-order chi connectivity index (χ1) is 12.5. The van der Waals surface area contributed by atoms with E-state index in [2.05, 4.69) is 14.7 Å². The molecule has 0 spiro atoms. The Balaban J connectivity index is 1.48. The largest absolute Gasteiger partial charge is 0.454 e. The number of benzene rings is 1. The molecule has 0 saturated heterocycles. The van der Waals surface area contributed by atoms with Gasteiger partial charge in [0.2, 0.25) is 16.8 Å². The summed E-state index contributed by atoms with van der Waals surface area (Å²) in [5.41, 5.74) is 2.22. The highest BCUT2D eigenvalue weighted by Gasteiger charge is 2.27. The highest BCUT2D eigenvalue weighted by atomic mass is 32.2. The lowest BCUT2D eigenvalue weighted by Crippen LogP contribution is -2.42. The van der Waals surface area contributed by atoms with E-state index in [4.69, 9.17) is 9.47 Å². The Kier molecular flexibility index (Phi) is 4.60. The smallest absolute Gasteiger partial charge is 0.231 e. The first-order valence-corrected chi connectivity index (χ1v) is 10.3. The fourth-order valence-electron chi connectivity index (χ4n) is 3.36. The zero-order valence-electron chi connectivity index (χ0n) is 14.6. The molecule has 26 heavy (non-hydrogen) atoms. The van der Waals surface area contributed by atoms with Crippen LogP contribution in [0, 0.1) is 0 Å². The van der Waals surface area contributed by atoms with Crippen molar-refractivity contribution in [3.63, 3.8) is 0 Å². The normalized spacial score (nSPS) is 19.5. The van der Waals surface area contributed by atoms with Gasteiger partial charge >= 0.3 is 0 Å². The summed E-state index contributed by atoms with van der Waals surface area (Å²) in [4.78, 5) is 2.29. The molecule has 3 heterocycles. The van der Waals surface area contributed by atoms with Crippen LogP contribution >= 0.6 is 0 Å². The van der Waals surface area contributed by atoms with Crippen LogP contribution in [-0.4, -0.2) is 48.7 Å². The average Bonchev–Trinajstić information content (AvgIpc) is 3.28. The van der Waals surface area contributed by atoms with Gasteiger partial charge in [-0.25, -0.2) is 13.1 Å². The van der Waals surface area contributed by atoms with Gasteiger partial charge in [0.05, 0.1) is 17.5 Å². The molecule has 1 aromatic carbocycles. The number of aromatic nitrogens is 2. The van der Waals surface area contributed by atoms with Gasteiger partial charge in [-0.2, -0.15) is 5.10 Å². The van der Waals surface area contributed by atoms with Crippen LogP contribution < -0.4 is 14.2 Å². The minimum atomic E-state index is -3.23. The summed E-state index contributed by atoms with van der Waals surface area (Å²) >= 11 is 0. The topological polar surface area (TPSA) is 85.7 Å².